The molecule has 1 aromatic rings. The van der Waals surface area contributed by atoms with Gasteiger partial charge in [0, 0.05) is 30.3 Å². The molecule has 1 heterocycles. The normalized spacial score (nSPS) is 24.8. The van der Waals surface area contributed by atoms with Crippen molar-refractivity contribution in [2.45, 2.75) is 38.3 Å². The molecule has 1 aliphatic carbocycles. The first-order chi connectivity index (χ1) is 10.9. The lowest BCUT2D eigenvalue weighted by Crippen LogP contribution is -2.33. The maximum Gasteiger partial charge on any atom is 0.331 e. The van der Waals surface area contributed by atoms with Crippen LogP contribution in [0, 0.1) is 5.92 Å². The summed E-state index contributed by atoms with van der Waals surface area (Å²) in [6.45, 7) is 1.48. The molecule has 0 amide bonds. The van der Waals surface area contributed by atoms with Crippen LogP contribution in [0.3, 0.4) is 0 Å². The fraction of sp³-hybridized carbons (Fsp3) is 0.533. The van der Waals surface area contributed by atoms with Gasteiger partial charge in [0.15, 0.2) is 0 Å². The van der Waals surface area contributed by atoms with Gasteiger partial charge in [-0.3, -0.25) is 14.3 Å². The van der Waals surface area contributed by atoms with Crippen LogP contribution >= 0.6 is 0 Å². The van der Waals surface area contributed by atoms with Crippen LogP contribution in [0.1, 0.15) is 37.8 Å². The second kappa shape index (κ2) is 6.93. The molecule has 2 rings (SSSR count). The first kappa shape index (κ1) is 17.2. The van der Waals surface area contributed by atoms with Gasteiger partial charge in [-0.1, -0.05) is 6.92 Å². The molecule has 0 bridgehead atoms. The molecule has 0 aromatic carbocycles. The summed E-state index contributed by atoms with van der Waals surface area (Å²) in [7, 11) is 0. The van der Waals surface area contributed by atoms with E-state index in [-0.39, 0.29) is 36.1 Å². The van der Waals surface area contributed by atoms with Crippen molar-refractivity contribution < 1.29 is 20.1 Å². The van der Waals surface area contributed by atoms with Gasteiger partial charge in [0.1, 0.15) is 0 Å². The molecule has 0 spiro atoms. The van der Waals surface area contributed by atoms with Crippen LogP contribution in [0.25, 0.3) is 6.08 Å². The van der Waals surface area contributed by atoms with E-state index in [1.807, 2.05) is 0 Å². The number of nitrogens with one attached hydrogen (secondary N) is 1. The van der Waals surface area contributed by atoms with Crippen molar-refractivity contribution >= 4 is 12.0 Å². The molecule has 1 aliphatic rings. The first-order valence-electron chi connectivity index (χ1n) is 7.45. The largest absolute Gasteiger partial charge is 0.478 e. The highest BCUT2D eigenvalue weighted by atomic mass is 16.4. The van der Waals surface area contributed by atoms with Crippen LogP contribution in [0.15, 0.2) is 21.4 Å². The number of hydrogen-bond donors (Lipinski definition) is 4. The van der Waals surface area contributed by atoms with E-state index in [1.165, 1.54) is 16.8 Å². The maximum atomic E-state index is 12.0. The lowest BCUT2D eigenvalue weighted by atomic mass is 10.1. The van der Waals surface area contributed by atoms with Crippen molar-refractivity contribution in [2.24, 2.45) is 5.92 Å². The van der Waals surface area contributed by atoms with Crippen LogP contribution < -0.4 is 11.2 Å². The van der Waals surface area contributed by atoms with Gasteiger partial charge in [-0.2, -0.15) is 0 Å². The Kier molecular flexibility index (Phi) is 5.17. The zero-order chi connectivity index (χ0) is 17.1. The van der Waals surface area contributed by atoms with E-state index in [2.05, 4.69) is 4.98 Å². The number of rotatable bonds is 5. The third-order valence-electron chi connectivity index (χ3n) is 4.24. The van der Waals surface area contributed by atoms with Crippen molar-refractivity contribution in [1.29, 1.82) is 0 Å². The Morgan fingerprint density at radius 2 is 2.13 bits per heavy atom. The summed E-state index contributed by atoms with van der Waals surface area (Å²) >= 11 is 0. The molecule has 8 nitrogen and oxygen atoms in total. The number of hydrogen-bond acceptors (Lipinski definition) is 5. The van der Waals surface area contributed by atoms with Gasteiger partial charge in [-0.15, -0.1) is 0 Å². The molecular formula is C15H20N2O6. The Bertz CT molecular complexity index is 732. The Morgan fingerprint density at radius 3 is 2.65 bits per heavy atom. The minimum absolute atomic E-state index is 0.0559. The summed E-state index contributed by atoms with van der Waals surface area (Å²) in [5, 5.41) is 28.1. The lowest BCUT2D eigenvalue weighted by molar-refractivity contribution is -0.132. The molecule has 0 radical (unpaired) electrons. The van der Waals surface area contributed by atoms with Gasteiger partial charge >= 0.3 is 11.7 Å². The van der Waals surface area contributed by atoms with Crippen molar-refractivity contribution in [2.75, 3.05) is 6.61 Å². The number of aliphatic carboxylic acids is 1. The Labute approximate surface area is 131 Å². The maximum absolute atomic E-state index is 12.0. The highest BCUT2D eigenvalue weighted by Gasteiger charge is 2.34. The SMILES string of the molecule is CC/C(=C\c1cn(C2C[C@@H](CO)[C@H](O)C2)c(=O)[nH]c1=O)C(=O)O. The van der Waals surface area contributed by atoms with Crippen LogP contribution in [0.4, 0.5) is 0 Å². The van der Waals surface area contributed by atoms with E-state index < -0.39 is 23.3 Å². The van der Waals surface area contributed by atoms with Crippen molar-refractivity contribution in [3.05, 3.63) is 38.2 Å². The Balaban J connectivity index is 2.44. The molecule has 1 aromatic heterocycles. The minimum atomic E-state index is -1.12. The van der Waals surface area contributed by atoms with Crippen LogP contribution in [-0.2, 0) is 4.79 Å². The van der Waals surface area contributed by atoms with Gasteiger partial charge in [0.25, 0.3) is 5.56 Å². The summed E-state index contributed by atoms with van der Waals surface area (Å²) in [5.41, 5.74) is -1.14. The standard InChI is InChI=1S/C15H20N2O6/c1-2-8(14(21)22)3-9-6-17(15(23)16-13(9)20)11-4-10(7-18)12(19)5-11/h3,6,10-12,18-19H,2,4-5,7H2,1H3,(H,21,22)(H,16,20,23)/b8-3+/t10-,11?,12+/m0/s1. The number of aromatic amines is 1. The molecule has 0 aliphatic heterocycles. The van der Waals surface area contributed by atoms with Gasteiger partial charge < -0.3 is 15.3 Å². The number of aliphatic hydroxyl groups is 2. The second-order valence-corrected chi connectivity index (χ2v) is 5.71. The molecule has 1 fully saturated rings. The molecule has 4 N–H and O–H groups in total. The quantitative estimate of drug-likeness (QED) is 0.551. The van der Waals surface area contributed by atoms with Crippen molar-refractivity contribution in [3.63, 3.8) is 0 Å². The number of carbonyl (C=O) groups is 1. The molecule has 0 saturated heterocycles. The summed E-state index contributed by atoms with van der Waals surface area (Å²) in [6, 6.07) is -0.353. The smallest absolute Gasteiger partial charge is 0.331 e. The molecule has 1 unspecified atom stereocenters. The topological polar surface area (TPSA) is 133 Å². The third kappa shape index (κ3) is 3.59. The predicted molar refractivity (Wildman–Crippen MR) is 82.1 cm³/mol. The molecule has 126 valence electrons. The number of aliphatic hydroxyl groups excluding tert-OH is 2. The summed E-state index contributed by atoms with van der Waals surface area (Å²) in [6.07, 6.45) is 2.78. The number of H-pyrrole nitrogens is 1. The molecule has 1 saturated carbocycles. The number of aromatic nitrogens is 2. The highest BCUT2D eigenvalue weighted by molar-refractivity contribution is 5.91. The average Bonchev–Trinajstić information content (AvgIpc) is 2.86. The summed E-state index contributed by atoms with van der Waals surface area (Å²) in [5.74, 6) is -1.44. The summed E-state index contributed by atoms with van der Waals surface area (Å²) in [4.78, 5) is 37.1. The molecule has 23 heavy (non-hydrogen) atoms. The van der Waals surface area contributed by atoms with E-state index >= 15 is 0 Å². The zero-order valence-electron chi connectivity index (χ0n) is 12.7. The average molecular weight is 324 g/mol. The van der Waals surface area contributed by atoms with E-state index in [0.29, 0.717) is 12.8 Å². The zero-order valence-corrected chi connectivity index (χ0v) is 12.7. The van der Waals surface area contributed by atoms with Gasteiger partial charge in [-0.05, 0) is 25.3 Å². The van der Waals surface area contributed by atoms with Crippen LogP contribution in [-0.4, -0.2) is 43.6 Å². The van der Waals surface area contributed by atoms with E-state index in [9.17, 15) is 24.6 Å². The predicted octanol–water partition coefficient (Wildman–Crippen LogP) is -0.281. The van der Waals surface area contributed by atoms with Crippen LogP contribution in [0.5, 0.6) is 0 Å². The third-order valence-corrected chi connectivity index (χ3v) is 4.24. The molecule has 8 heteroatoms. The Morgan fingerprint density at radius 1 is 1.43 bits per heavy atom. The van der Waals surface area contributed by atoms with Crippen molar-refractivity contribution in [3.8, 4) is 0 Å². The minimum Gasteiger partial charge on any atom is -0.478 e. The van der Waals surface area contributed by atoms with Crippen LogP contribution in [0.2, 0.25) is 0 Å². The molecular weight excluding hydrogens is 304 g/mol. The summed E-state index contributed by atoms with van der Waals surface area (Å²) < 4.78 is 1.29. The van der Waals surface area contributed by atoms with Gasteiger partial charge in [-0.25, -0.2) is 9.59 Å². The highest BCUT2D eigenvalue weighted by Crippen LogP contribution is 2.33. The Hall–Kier alpha value is -2.19. The fourth-order valence-electron chi connectivity index (χ4n) is 2.88. The number of carboxylic acids is 1. The van der Waals surface area contributed by atoms with E-state index in [4.69, 9.17) is 5.11 Å². The van der Waals surface area contributed by atoms with E-state index in [1.54, 1.807) is 6.92 Å². The fourth-order valence-corrected chi connectivity index (χ4v) is 2.88. The second-order valence-electron chi connectivity index (χ2n) is 5.71. The first-order valence-corrected chi connectivity index (χ1v) is 7.45. The van der Waals surface area contributed by atoms with Gasteiger partial charge in [0.05, 0.1) is 11.7 Å². The monoisotopic (exact) mass is 324 g/mol. The molecule has 3 atom stereocenters. The number of carboxylic acid groups (broad SMARTS) is 1. The van der Waals surface area contributed by atoms with Crippen molar-refractivity contribution in [1.82, 2.24) is 9.55 Å². The number of nitrogens with zero attached hydrogens (tertiary/aromatic N) is 1. The lowest BCUT2D eigenvalue weighted by Gasteiger charge is -2.14. The van der Waals surface area contributed by atoms with E-state index in [0.717, 1.165) is 0 Å². The van der Waals surface area contributed by atoms with Gasteiger partial charge in [0.2, 0.25) is 0 Å².